The average Bonchev–Trinajstić information content (AvgIpc) is 2.57. The largest absolute Gasteiger partial charge is 0.466 e. The Balaban J connectivity index is 2.24. The first-order valence-electron chi connectivity index (χ1n) is 3.41. The molecule has 5 heteroatoms. The summed E-state index contributed by atoms with van der Waals surface area (Å²) in [5.41, 5.74) is 0. The van der Waals surface area contributed by atoms with Gasteiger partial charge < -0.3 is 4.74 Å². The van der Waals surface area contributed by atoms with E-state index in [-0.39, 0.29) is 5.97 Å². The topological polar surface area (TPSA) is 38.7 Å². The standard InChI is InChI=1S/C7H9NO2S2/c1-10-6(9)2-4-11-7-8-3-5-12-7/h2,4H,3,5H2,1H3/b4-2-. The van der Waals surface area contributed by atoms with Crippen LogP contribution in [0.15, 0.2) is 16.5 Å². The van der Waals surface area contributed by atoms with E-state index in [0.29, 0.717) is 0 Å². The third-order valence-electron chi connectivity index (χ3n) is 1.13. The highest BCUT2D eigenvalue weighted by atomic mass is 32.2. The Morgan fingerprint density at radius 1 is 1.83 bits per heavy atom. The van der Waals surface area contributed by atoms with Crippen molar-refractivity contribution >= 4 is 33.9 Å². The molecule has 0 radical (unpaired) electrons. The van der Waals surface area contributed by atoms with Crippen molar-refractivity contribution < 1.29 is 9.53 Å². The lowest BCUT2D eigenvalue weighted by atomic mass is 10.7. The van der Waals surface area contributed by atoms with Crippen molar-refractivity contribution in [3.63, 3.8) is 0 Å². The van der Waals surface area contributed by atoms with E-state index in [2.05, 4.69) is 9.73 Å². The molecule has 0 atom stereocenters. The van der Waals surface area contributed by atoms with Gasteiger partial charge in [-0.05, 0) is 5.41 Å². The van der Waals surface area contributed by atoms with Gasteiger partial charge in [-0.3, -0.25) is 4.99 Å². The van der Waals surface area contributed by atoms with Crippen molar-refractivity contribution in [2.24, 2.45) is 4.99 Å². The fraction of sp³-hybridized carbons (Fsp3) is 0.429. The highest BCUT2D eigenvalue weighted by Gasteiger charge is 2.05. The number of methoxy groups -OCH3 is 1. The van der Waals surface area contributed by atoms with Crippen LogP contribution in [0, 0.1) is 0 Å². The summed E-state index contributed by atoms with van der Waals surface area (Å²) in [7, 11) is 1.36. The molecule has 0 fully saturated rings. The number of nitrogens with zero attached hydrogens (tertiary/aromatic N) is 1. The first-order chi connectivity index (χ1) is 5.83. The molecular weight excluding hydrogens is 194 g/mol. The van der Waals surface area contributed by atoms with Crippen molar-refractivity contribution in [1.29, 1.82) is 0 Å². The zero-order valence-corrected chi connectivity index (χ0v) is 8.28. The first-order valence-corrected chi connectivity index (χ1v) is 5.28. The SMILES string of the molecule is COC(=O)/C=C\SC1=NCCS1. The highest BCUT2D eigenvalue weighted by Crippen LogP contribution is 2.22. The van der Waals surface area contributed by atoms with E-state index >= 15 is 0 Å². The Morgan fingerprint density at radius 2 is 2.67 bits per heavy atom. The van der Waals surface area contributed by atoms with E-state index in [1.54, 1.807) is 17.2 Å². The monoisotopic (exact) mass is 203 g/mol. The Morgan fingerprint density at radius 3 is 3.25 bits per heavy atom. The van der Waals surface area contributed by atoms with Gasteiger partial charge in [0.05, 0.1) is 13.7 Å². The molecule has 1 aliphatic rings. The number of hydrogen-bond acceptors (Lipinski definition) is 5. The summed E-state index contributed by atoms with van der Waals surface area (Å²) >= 11 is 3.17. The van der Waals surface area contributed by atoms with E-state index in [4.69, 9.17) is 0 Å². The molecule has 0 bridgehead atoms. The van der Waals surface area contributed by atoms with Crippen LogP contribution in [0.3, 0.4) is 0 Å². The molecule has 0 spiro atoms. The van der Waals surface area contributed by atoms with Crippen LogP contribution in [0.1, 0.15) is 0 Å². The van der Waals surface area contributed by atoms with Gasteiger partial charge in [-0.15, -0.1) is 0 Å². The maximum atomic E-state index is 10.6. The number of rotatable bonds is 2. The summed E-state index contributed by atoms with van der Waals surface area (Å²) in [4.78, 5) is 14.8. The second-order valence-corrected chi connectivity index (χ2v) is 4.18. The maximum Gasteiger partial charge on any atom is 0.330 e. The average molecular weight is 203 g/mol. The number of esters is 1. The molecule has 1 heterocycles. The molecule has 0 amide bonds. The number of carbonyl (C=O) groups excluding carboxylic acids is 1. The third kappa shape index (κ3) is 3.32. The van der Waals surface area contributed by atoms with Gasteiger partial charge >= 0.3 is 5.97 Å². The van der Waals surface area contributed by atoms with Gasteiger partial charge in [0.25, 0.3) is 0 Å². The van der Waals surface area contributed by atoms with Crippen LogP contribution in [0.4, 0.5) is 0 Å². The number of ether oxygens (including phenoxy) is 1. The minimum Gasteiger partial charge on any atom is -0.466 e. The molecule has 0 unspecified atom stereocenters. The molecule has 0 saturated heterocycles. The number of carbonyl (C=O) groups is 1. The summed E-state index contributed by atoms with van der Waals surface area (Å²) in [6.45, 7) is 0.888. The van der Waals surface area contributed by atoms with E-state index in [9.17, 15) is 4.79 Å². The Labute approximate surface area is 79.7 Å². The first kappa shape index (κ1) is 9.67. The van der Waals surface area contributed by atoms with Gasteiger partial charge in [-0.2, -0.15) is 0 Å². The predicted octanol–water partition coefficient (Wildman–Crippen LogP) is 1.51. The summed E-state index contributed by atoms with van der Waals surface area (Å²) in [5.74, 6) is 0.722. The van der Waals surface area contributed by atoms with Gasteiger partial charge in [0, 0.05) is 11.8 Å². The maximum absolute atomic E-state index is 10.6. The number of thioether (sulfide) groups is 2. The van der Waals surface area contributed by atoms with Crippen molar-refractivity contribution in [3.05, 3.63) is 11.5 Å². The number of aliphatic imine (C=N–C) groups is 1. The Hall–Kier alpha value is -0.420. The molecule has 1 aliphatic heterocycles. The predicted molar refractivity (Wildman–Crippen MR) is 53.5 cm³/mol. The van der Waals surface area contributed by atoms with Crippen LogP contribution in [-0.4, -0.2) is 29.8 Å². The molecule has 0 saturated carbocycles. The molecular formula is C7H9NO2S2. The normalized spacial score (nSPS) is 16.6. The molecule has 0 aromatic carbocycles. The minimum absolute atomic E-state index is 0.328. The van der Waals surface area contributed by atoms with Gasteiger partial charge in [0.15, 0.2) is 0 Å². The van der Waals surface area contributed by atoms with Gasteiger partial charge in [0.2, 0.25) is 0 Å². The van der Waals surface area contributed by atoms with E-state index in [0.717, 1.165) is 16.7 Å². The Kier molecular flexibility index (Phi) is 4.24. The van der Waals surface area contributed by atoms with Crippen molar-refractivity contribution in [1.82, 2.24) is 0 Å². The molecule has 0 aliphatic carbocycles. The van der Waals surface area contributed by atoms with E-state index in [1.807, 2.05) is 0 Å². The summed E-state index contributed by atoms with van der Waals surface area (Å²) in [6.07, 6.45) is 1.39. The highest BCUT2D eigenvalue weighted by molar-refractivity contribution is 8.40. The second-order valence-electron chi connectivity index (χ2n) is 1.94. The fourth-order valence-corrected chi connectivity index (χ4v) is 2.29. The molecule has 12 heavy (non-hydrogen) atoms. The van der Waals surface area contributed by atoms with Crippen LogP contribution < -0.4 is 0 Å². The molecule has 0 N–H and O–H groups in total. The van der Waals surface area contributed by atoms with Crippen molar-refractivity contribution in [2.75, 3.05) is 19.4 Å². The fourth-order valence-electron chi connectivity index (χ4n) is 0.603. The zero-order chi connectivity index (χ0) is 8.81. The second kappa shape index (κ2) is 5.27. The third-order valence-corrected chi connectivity index (χ3v) is 3.14. The molecule has 3 nitrogen and oxygen atoms in total. The molecule has 0 aromatic heterocycles. The van der Waals surface area contributed by atoms with Crippen molar-refractivity contribution in [2.45, 2.75) is 0 Å². The molecule has 1 rings (SSSR count). The van der Waals surface area contributed by atoms with Gasteiger partial charge in [0.1, 0.15) is 4.38 Å². The lowest BCUT2D eigenvalue weighted by Crippen LogP contribution is -1.92. The minimum atomic E-state index is -0.328. The van der Waals surface area contributed by atoms with E-state index in [1.165, 1.54) is 24.9 Å². The lowest BCUT2D eigenvalue weighted by molar-refractivity contribution is -0.134. The zero-order valence-electron chi connectivity index (χ0n) is 6.65. The number of hydrogen-bond donors (Lipinski definition) is 0. The van der Waals surface area contributed by atoms with Gasteiger partial charge in [-0.1, -0.05) is 23.5 Å². The summed E-state index contributed by atoms with van der Waals surface area (Å²) < 4.78 is 5.45. The van der Waals surface area contributed by atoms with E-state index < -0.39 is 0 Å². The summed E-state index contributed by atoms with van der Waals surface area (Å²) in [5, 5.41) is 1.70. The van der Waals surface area contributed by atoms with Crippen LogP contribution in [0.5, 0.6) is 0 Å². The van der Waals surface area contributed by atoms with Crippen molar-refractivity contribution in [3.8, 4) is 0 Å². The van der Waals surface area contributed by atoms with Crippen LogP contribution >= 0.6 is 23.5 Å². The van der Waals surface area contributed by atoms with Crippen LogP contribution in [0.25, 0.3) is 0 Å². The Bertz CT molecular complexity index is 225. The summed E-state index contributed by atoms with van der Waals surface area (Å²) in [6, 6.07) is 0. The van der Waals surface area contributed by atoms with Crippen LogP contribution in [0.2, 0.25) is 0 Å². The molecule has 0 aromatic rings. The molecule has 66 valence electrons. The quantitative estimate of drug-likeness (QED) is 0.503. The van der Waals surface area contributed by atoms with Crippen LogP contribution in [-0.2, 0) is 9.53 Å². The smallest absolute Gasteiger partial charge is 0.330 e. The van der Waals surface area contributed by atoms with Gasteiger partial charge in [-0.25, -0.2) is 4.79 Å². The lowest BCUT2D eigenvalue weighted by Gasteiger charge is -1.91.